The van der Waals surface area contributed by atoms with Gasteiger partial charge in [0.25, 0.3) is 0 Å². The number of rotatable bonds is 2. The van der Waals surface area contributed by atoms with Crippen molar-refractivity contribution in [3.63, 3.8) is 0 Å². The normalized spacial score (nSPS) is 25.9. The quantitative estimate of drug-likeness (QED) is 0.912. The minimum atomic E-state index is -3.40. The molecule has 3 nitrogen and oxygen atoms in total. The molecule has 94 valence electrons. The molecule has 6 heteroatoms. The number of sulfone groups is 1. The molecule has 2 rings (SSSR count). The zero-order chi connectivity index (χ0) is 12.8. The third-order valence-electron chi connectivity index (χ3n) is 3.07. The van der Waals surface area contributed by atoms with Crippen LogP contribution in [-0.4, -0.2) is 13.7 Å². The zero-order valence-electron chi connectivity index (χ0n) is 9.28. The van der Waals surface area contributed by atoms with Crippen LogP contribution in [0.15, 0.2) is 17.0 Å². The Kier molecular flexibility index (Phi) is 3.42. The van der Waals surface area contributed by atoms with E-state index in [1.807, 2.05) is 6.92 Å². The van der Waals surface area contributed by atoms with Crippen LogP contribution in [0.2, 0.25) is 10.0 Å². The summed E-state index contributed by atoms with van der Waals surface area (Å²) in [5.41, 5.74) is 6.51. The molecule has 1 aromatic rings. The van der Waals surface area contributed by atoms with Gasteiger partial charge in [0, 0.05) is 21.7 Å². The van der Waals surface area contributed by atoms with E-state index in [1.165, 1.54) is 12.1 Å². The molecule has 0 aliphatic carbocycles. The van der Waals surface area contributed by atoms with E-state index in [-0.39, 0.29) is 4.90 Å². The Hall–Kier alpha value is -0.290. The van der Waals surface area contributed by atoms with Crippen LogP contribution in [0.25, 0.3) is 0 Å². The van der Waals surface area contributed by atoms with Gasteiger partial charge in [0.2, 0.25) is 0 Å². The van der Waals surface area contributed by atoms with Gasteiger partial charge in [0.05, 0.1) is 10.1 Å². The molecule has 2 N–H and O–H groups in total. The van der Waals surface area contributed by atoms with E-state index in [0.29, 0.717) is 22.0 Å². The standard InChI is InChI=1S/C11H13Cl2NO2S/c1-2-3-8-11(14)10-7(13)4-6(12)5-9(10)17(8,15)16/h4-5,8,11H,2-3,14H2,1H3. The van der Waals surface area contributed by atoms with E-state index in [0.717, 1.165) is 6.42 Å². The fourth-order valence-corrected chi connectivity index (χ4v) is 5.26. The van der Waals surface area contributed by atoms with Crippen LogP contribution in [-0.2, 0) is 9.84 Å². The first-order valence-electron chi connectivity index (χ1n) is 5.38. The van der Waals surface area contributed by atoms with E-state index >= 15 is 0 Å². The monoisotopic (exact) mass is 293 g/mol. The van der Waals surface area contributed by atoms with E-state index in [1.54, 1.807) is 0 Å². The van der Waals surface area contributed by atoms with Crippen LogP contribution >= 0.6 is 23.2 Å². The predicted octanol–water partition coefficient (Wildman–Crippen LogP) is 2.95. The summed E-state index contributed by atoms with van der Waals surface area (Å²) in [7, 11) is -3.40. The molecule has 2 atom stereocenters. The van der Waals surface area contributed by atoms with E-state index in [2.05, 4.69) is 0 Å². The second kappa shape index (κ2) is 4.43. The Morgan fingerprint density at radius 3 is 2.59 bits per heavy atom. The highest BCUT2D eigenvalue weighted by atomic mass is 35.5. The van der Waals surface area contributed by atoms with Crippen LogP contribution in [0.4, 0.5) is 0 Å². The molecule has 1 aromatic carbocycles. The minimum absolute atomic E-state index is 0.195. The van der Waals surface area contributed by atoms with Crippen LogP contribution in [0, 0.1) is 0 Å². The van der Waals surface area contributed by atoms with Crippen molar-refractivity contribution in [3.8, 4) is 0 Å². The first kappa shape index (κ1) is 13.1. The van der Waals surface area contributed by atoms with Crippen molar-refractivity contribution < 1.29 is 8.42 Å². The summed E-state index contributed by atoms with van der Waals surface area (Å²) >= 11 is 11.9. The highest BCUT2D eigenvalue weighted by Gasteiger charge is 2.43. The summed E-state index contributed by atoms with van der Waals surface area (Å²) in [5, 5.41) is 0.0716. The molecule has 1 aliphatic rings. The highest BCUT2D eigenvalue weighted by molar-refractivity contribution is 7.92. The third kappa shape index (κ3) is 1.97. The number of halogens is 2. The molecule has 0 spiro atoms. The maximum atomic E-state index is 12.3. The molecule has 0 amide bonds. The lowest BCUT2D eigenvalue weighted by atomic mass is 10.0. The molecular formula is C11H13Cl2NO2S. The number of benzene rings is 1. The summed E-state index contributed by atoms with van der Waals surface area (Å²) < 4.78 is 24.6. The Balaban J connectivity index is 2.66. The molecular weight excluding hydrogens is 281 g/mol. The van der Waals surface area contributed by atoms with Gasteiger partial charge in [-0.25, -0.2) is 8.42 Å². The van der Waals surface area contributed by atoms with Gasteiger partial charge >= 0.3 is 0 Å². The van der Waals surface area contributed by atoms with Crippen molar-refractivity contribution in [1.82, 2.24) is 0 Å². The van der Waals surface area contributed by atoms with Gasteiger partial charge in [-0.2, -0.15) is 0 Å². The van der Waals surface area contributed by atoms with Crippen molar-refractivity contribution in [3.05, 3.63) is 27.7 Å². The molecule has 1 heterocycles. The number of nitrogens with two attached hydrogens (primary N) is 1. The maximum Gasteiger partial charge on any atom is 0.183 e. The second-order valence-corrected chi connectivity index (χ2v) is 7.18. The largest absolute Gasteiger partial charge is 0.323 e. The van der Waals surface area contributed by atoms with E-state index < -0.39 is 21.1 Å². The lowest BCUT2D eigenvalue weighted by molar-refractivity contribution is 0.555. The molecule has 0 saturated heterocycles. The third-order valence-corrected chi connectivity index (χ3v) is 5.88. The first-order chi connectivity index (χ1) is 7.89. The number of fused-ring (bicyclic) bond motifs is 1. The summed E-state index contributed by atoms with van der Waals surface area (Å²) in [6.07, 6.45) is 1.29. The first-order valence-corrected chi connectivity index (χ1v) is 7.68. The fraction of sp³-hybridized carbons (Fsp3) is 0.455. The SMILES string of the molecule is CCCC1C(N)c2c(Cl)cc(Cl)cc2S1(=O)=O. The summed E-state index contributed by atoms with van der Waals surface area (Å²) in [4.78, 5) is 0.195. The second-order valence-electron chi connectivity index (χ2n) is 4.20. The molecule has 2 unspecified atom stereocenters. The molecule has 0 radical (unpaired) electrons. The van der Waals surface area contributed by atoms with Crippen LogP contribution in [0.1, 0.15) is 31.4 Å². The summed E-state index contributed by atoms with van der Waals surface area (Å²) in [6, 6.07) is 2.42. The molecule has 0 fully saturated rings. The maximum absolute atomic E-state index is 12.3. The van der Waals surface area contributed by atoms with Crippen LogP contribution < -0.4 is 5.73 Å². The number of hydrogen-bond donors (Lipinski definition) is 1. The average molecular weight is 294 g/mol. The van der Waals surface area contributed by atoms with Crippen LogP contribution in [0.5, 0.6) is 0 Å². The van der Waals surface area contributed by atoms with Gasteiger partial charge in [0.1, 0.15) is 0 Å². The van der Waals surface area contributed by atoms with Crippen LogP contribution in [0.3, 0.4) is 0 Å². The zero-order valence-corrected chi connectivity index (χ0v) is 11.6. The lowest BCUT2D eigenvalue weighted by Gasteiger charge is -2.13. The van der Waals surface area contributed by atoms with Gasteiger partial charge in [-0.3, -0.25) is 0 Å². The minimum Gasteiger partial charge on any atom is -0.323 e. The Bertz CT molecular complexity index is 557. The van der Waals surface area contributed by atoms with Gasteiger partial charge in [-0.1, -0.05) is 36.5 Å². The molecule has 0 bridgehead atoms. The fourth-order valence-electron chi connectivity index (χ4n) is 2.28. The van der Waals surface area contributed by atoms with Crippen molar-refractivity contribution in [2.24, 2.45) is 5.73 Å². The van der Waals surface area contributed by atoms with Gasteiger partial charge in [-0.15, -0.1) is 0 Å². The molecule has 17 heavy (non-hydrogen) atoms. The van der Waals surface area contributed by atoms with Gasteiger partial charge in [0.15, 0.2) is 9.84 Å². The molecule has 1 aliphatic heterocycles. The van der Waals surface area contributed by atoms with Gasteiger partial charge in [-0.05, 0) is 18.6 Å². The van der Waals surface area contributed by atoms with E-state index in [4.69, 9.17) is 28.9 Å². The Labute approximate surface area is 111 Å². The van der Waals surface area contributed by atoms with Crippen molar-refractivity contribution in [1.29, 1.82) is 0 Å². The molecule has 0 saturated carbocycles. The predicted molar refractivity (Wildman–Crippen MR) is 69.3 cm³/mol. The van der Waals surface area contributed by atoms with Crippen molar-refractivity contribution in [2.75, 3.05) is 0 Å². The van der Waals surface area contributed by atoms with Gasteiger partial charge < -0.3 is 5.73 Å². The molecule has 0 aromatic heterocycles. The Morgan fingerprint density at radius 1 is 1.35 bits per heavy atom. The number of hydrogen-bond acceptors (Lipinski definition) is 3. The smallest absolute Gasteiger partial charge is 0.183 e. The highest BCUT2D eigenvalue weighted by Crippen LogP contribution is 2.44. The van der Waals surface area contributed by atoms with Crippen molar-refractivity contribution in [2.45, 2.75) is 36.0 Å². The summed E-state index contributed by atoms with van der Waals surface area (Å²) in [6.45, 7) is 1.93. The van der Waals surface area contributed by atoms with E-state index in [9.17, 15) is 8.42 Å². The Morgan fingerprint density at radius 2 is 2.00 bits per heavy atom. The summed E-state index contributed by atoms with van der Waals surface area (Å²) in [5.74, 6) is 0. The topological polar surface area (TPSA) is 60.2 Å². The van der Waals surface area contributed by atoms with Crippen molar-refractivity contribution >= 4 is 33.0 Å². The average Bonchev–Trinajstić information content (AvgIpc) is 2.40. The lowest BCUT2D eigenvalue weighted by Crippen LogP contribution is -2.26.